The molecule has 0 amide bonds. The Kier molecular flexibility index (Phi) is 6.05. The van der Waals surface area contributed by atoms with Gasteiger partial charge >= 0.3 is 5.97 Å². The number of hydrogen-bond donors (Lipinski definition) is 1. The molecule has 0 spiro atoms. The summed E-state index contributed by atoms with van der Waals surface area (Å²) in [6.45, 7) is 1.83. The predicted octanol–water partition coefficient (Wildman–Crippen LogP) is 3.45. The van der Waals surface area contributed by atoms with Gasteiger partial charge in [-0.2, -0.15) is 0 Å². The molecule has 4 heteroatoms. The zero-order valence-electron chi connectivity index (χ0n) is 10.4. The SMILES string of the molecule is CCC(CCC(=O)Cc1ccc(Br)cc1)C(=O)O. The van der Waals surface area contributed by atoms with Crippen molar-refractivity contribution in [1.29, 1.82) is 0 Å². The van der Waals surface area contributed by atoms with Crippen LogP contribution in [0.4, 0.5) is 0 Å². The Morgan fingerprint density at radius 3 is 2.39 bits per heavy atom. The second-order valence-corrected chi connectivity index (χ2v) is 5.24. The van der Waals surface area contributed by atoms with Crippen molar-refractivity contribution in [3.05, 3.63) is 34.3 Å². The highest BCUT2D eigenvalue weighted by molar-refractivity contribution is 9.10. The third kappa shape index (κ3) is 5.00. The van der Waals surface area contributed by atoms with Gasteiger partial charge in [-0.05, 0) is 30.5 Å². The molecule has 0 aliphatic carbocycles. The Morgan fingerprint density at radius 1 is 1.28 bits per heavy atom. The van der Waals surface area contributed by atoms with E-state index in [1.54, 1.807) is 0 Å². The van der Waals surface area contributed by atoms with E-state index in [2.05, 4.69) is 15.9 Å². The summed E-state index contributed by atoms with van der Waals surface area (Å²) in [6, 6.07) is 7.59. The summed E-state index contributed by atoms with van der Waals surface area (Å²) in [6.07, 6.45) is 1.71. The lowest BCUT2D eigenvalue weighted by Crippen LogP contribution is -2.15. The summed E-state index contributed by atoms with van der Waals surface area (Å²) in [7, 11) is 0. The molecule has 0 heterocycles. The molecule has 98 valence electrons. The lowest BCUT2D eigenvalue weighted by molar-refractivity contribution is -0.142. The monoisotopic (exact) mass is 312 g/mol. The zero-order valence-corrected chi connectivity index (χ0v) is 11.9. The number of Topliss-reactive ketones (excluding diaryl/α,β-unsaturated/α-hetero) is 1. The zero-order chi connectivity index (χ0) is 13.5. The van der Waals surface area contributed by atoms with Gasteiger partial charge < -0.3 is 5.11 Å². The first-order valence-corrected chi connectivity index (χ1v) is 6.81. The van der Waals surface area contributed by atoms with Crippen LogP contribution in [0.2, 0.25) is 0 Å². The molecule has 0 aromatic heterocycles. The number of ketones is 1. The smallest absolute Gasteiger partial charge is 0.306 e. The molecular formula is C14H17BrO3. The predicted molar refractivity (Wildman–Crippen MR) is 73.5 cm³/mol. The molecule has 1 aromatic carbocycles. The van der Waals surface area contributed by atoms with E-state index in [1.807, 2.05) is 31.2 Å². The number of rotatable bonds is 7. The van der Waals surface area contributed by atoms with Crippen LogP contribution in [0.3, 0.4) is 0 Å². The Morgan fingerprint density at radius 2 is 1.89 bits per heavy atom. The van der Waals surface area contributed by atoms with E-state index in [0.717, 1.165) is 10.0 Å². The van der Waals surface area contributed by atoms with Crippen LogP contribution < -0.4 is 0 Å². The molecule has 0 saturated carbocycles. The Bertz CT molecular complexity index is 412. The van der Waals surface area contributed by atoms with Gasteiger partial charge in [0.05, 0.1) is 5.92 Å². The van der Waals surface area contributed by atoms with Gasteiger partial charge in [-0.3, -0.25) is 9.59 Å². The highest BCUT2D eigenvalue weighted by Gasteiger charge is 2.16. The largest absolute Gasteiger partial charge is 0.481 e. The van der Waals surface area contributed by atoms with Gasteiger partial charge in [0, 0.05) is 17.3 Å². The van der Waals surface area contributed by atoms with Crippen LogP contribution in [0.5, 0.6) is 0 Å². The van der Waals surface area contributed by atoms with E-state index in [-0.39, 0.29) is 5.78 Å². The van der Waals surface area contributed by atoms with Gasteiger partial charge in [-0.25, -0.2) is 0 Å². The lowest BCUT2D eigenvalue weighted by atomic mass is 9.97. The summed E-state index contributed by atoms with van der Waals surface area (Å²) >= 11 is 3.34. The molecule has 0 bridgehead atoms. The van der Waals surface area contributed by atoms with Gasteiger partial charge in [-0.15, -0.1) is 0 Å². The first-order chi connectivity index (χ1) is 8.52. The first-order valence-electron chi connectivity index (χ1n) is 6.02. The van der Waals surface area contributed by atoms with Crippen LogP contribution in [-0.4, -0.2) is 16.9 Å². The number of carboxylic acid groups (broad SMARTS) is 1. The van der Waals surface area contributed by atoms with E-state index in [1.165, 1.54) is 0 Å². The number of aliphatic carboxylic acids is 1. The number of benzene rings is 1. The van der Waals surface area contributed by atoms with E-state index in [0.29, 0.717) is 25.7 Å². The Labute approximate surface area is 115 Å². The quantitative estimate of drug-likeness (QED) is 0.839. The molecule has 1 atom stereocenters. The van der Waals surface area contributed by atoms with Crippen molar-refractivity contribution in [2.24, 2.45) is 5.92 Å². The van der Waals surface area contributed by atoms with Gasteiger partial charge in [0.2, 0.25) is 0 Å². The maximum atomic E-state index is 11.7. The molecule has 1 rings (SSSR count). The summed E-state index contributed by atoms with van der Waals surface area (Å²) in [4.78, 5) is 22.6. The number of hydrogen-bond acceptors (Lipinski definition) is 2. The van der Waals surface area contributed by atoms with Gasteiger partial charge in [0.25, 0.3) is 0 Å². The van der Waals surface area contributed by atoms with Gasteiger partial charge in [0.1, 0.15) is 5.78 Å². The van der Waals surface area contributed by atoms with Crippen molar-refractivity contribution in [2.75, 3.05) is 0 Å². The molecule has 1 N–H and O–H groups in total. The number of carbonyl (C=O) groups is 2. The third-order valence-corrected chi connectivity index (χ3v) is 3.46. The van der Waals surface area contributed by atoms with Crippen molar-refractivity contribution >= 4 is 27.7 Å². The molecule has 0 aliphatic heterocycles. The molecule has 0 saturated heterocycles. The second kappa shape index (κ2) is 7.31. The molecule has 18 heavy (non-hydrogen) atoms. The van der Waals surface area contributed by atoms with E-state index in [9.17, 15) is 9.59 Å². The van der Waals surface area contributed by atoms with Gasteiger partial charge in [-0.1, -0.05) is 35.0 Å². The first kappa shape index (κ1) is 14.9. The van der Waals surface area contributed by atoms with Crippen LogP contribution in [0.25, 0.3) is 0 Å². The number of carbonyl (C=O) groups excluding carboxylic acids is 1. The van der Waals surface area contributed by atoms with Crippen molar-refractivity contribution in [1.82, 2.24) is 0 Å². The fraction of sp³-hybridized carbons (Fsp3) is 0.429. The summed E-state index contributed by atoms with van der Waals surface area (Å²) < 4.78 is 0.982. The average molecular weight is 313 g/mol. The van der Waals surface area contributed by atoms with Crippen LogP contribution in [-0.2, 0) is 16.0 Å². The minimum Gasteiger partial charge on any atom is -0.481 e. The summed E-state index contributed by atoms with van der Waals surface area (Å²) in [5, 5.41) is 8.89. The molecular weight excluding hydrogens is 296 g/mol. The molecule has 1 aromatic rings. The van der Waals surface area contributed by atoms with Crippen LogP contribution in [0.15, 0.2) is 28.7 Å². The molecule has 0 radical (unpaired) electrons. The van der Waals surface area contributed by atoms with E-state index >= 15 is 0 Å². The van der Waals surface area contributed by atoms with Crippen LogP contribution in [0.1, 0.15) is 31.7 Å². The maximum Gasteiger partial charge on any atom is 0.306 e. The van der Waals surface area contributed by atoms with Crippen molar-refractivity contribution in [2.45, 2.75) is 32.6 Å². The number of halogens is 1. The minimum atomic E-state index is -0.811. The van der Waals surface area contributed by atoms with E-state index < -0.39 is 11.9 Å². The van der Waals surface area contributed by atoms with Crippen LogP contribution in [0, 0.1) is 5.92 Å². The third-order valence-electron chi connectivity index (χ3n) is 2.93. The van der Waals surface area contributed by atoms with Crippen molar-refractivity contribution < 1.29 is 14.7 Å². The Balaban J connectivity index is 2.42. The average Bonchev–Trinajstić information content (AvgIpc) is 2.32. The van der Waals surface area contributed by atoms with Crippen LogP contribution >= 0.6 is 15.9 Å². The molecule has 0 aliphatic rings. The molecule has 3 nitrogen and oxygen atoms in total. The number of carboxylic acids is 1. The normalized spacial score (nSPS) is 12.1. The van der Waals surface area contributed by atoms with E-state index in [4.69, 9.17) is 5.11 Å². The fourth-order valence-corrected chi connectivity index (χ4v) is 2.02. The minimum absolute atomic E-state index is 0.0945. The highest BCUT2D eigenvalue weighted by Crippen LogP contribution is 2.14. The fourth-order valence-electron chi connectivity index (χ4n) is 1.76. The van der Waals surface area contributed by atoms with Crippen molar-refractivity contribution in [3.8, 4) is 0 Å². The second-order valence-electron chi connectivity index (χ2n) is 4.32. The van der Waals surface area contributed by atoms with Crippen molar-refractivity contribution in [3.63, 3.8) is 0 Å². The Hall–Kier alpha value is -1.16. The topological polar surface area (TPSA) is 54.4 Å². The summed E-state index contributed by atoms with van der Waals surface area (Å²) in [5.41, 5.74) is 0.964. The molecule has 1 unspecified atom stereocenters. The standard InChI is InChI=1S/C14H17BrO3/c1-2-11(14(17)18)5-8-13(16)9-10-3-6-12(15)7-4-10/h3-4,6-7,11H,2,5,8-9H2,1H3,(H,17,18). The molecule has 0 fully saturated rings. The van der Waals surface area contributed by atoms with Gasteiger partial charge in [0.15, 0.2) is 0 Å². The lowest BCUT2D eigenvalue weighted by Gasteiger charge is -2.08. The highest BCUT2D eigenvalue weighted by atomic mass is 79.9. The maximum absolute atomic E-state index is 11.7. The summed E-state index contributed by atoms with van der Waals surface area (Å²) in [5.74, 6) is -1.12.